The van der Waals surface area contributed by atoms with Crippen LogP contribution in [0.4, 0.5) is 0 Å². The monoisotopic (exact) mass is 289 g/mol. The van der Waals surface area contributed by atoms with Crippen LogP contribution in [-0.4, -0.2) is 49.2 Å². The third-order valence-electron chi connectivity index (χ3n) is 3.58. The average Bonchev–Trinajstić information content (AvgIpc) is 2.96. The molecule has 5 nitrogen and oxygen atoms in total. The average molecular weight is 289 g/mol. The molecular formula is C14H19N5S. The van der Waals surface area contributed by atoms with Crippen molar-refractivity contribution >= 4 is 11.8 Å². The van der Waals surface area contributed by atoms with Crippen molar-refractivity contribution in [1.29, 1.82) is 0 Å². The first-order valence-electron chi connectivity index (χ1n) is 7.03. The van der Waals surface area contributed by atoms with Gasteiger partial charge in [0.2, 0.25) is 0 Å². The maximum atomic E-state index is 4.19. The Kier molecular flexibility index (Phi) is 4.32. The zero-order valence-electron chi connectivity index (χ0n) is 11.6. The Labute approximate surface area is 123 Å². The van der Waals surface area contributed by atoms with Gasteiger partial charge in [-0.15, -0.1) is 5.10 Å². The Hall–Kier alpha value is -1.40. The molecule has 1 aromatic heterocycles. The number of hydrogen-bond donors (Lipinski definition) is 0. The van der Waals surface area contributed by atoms with E-state index in [9.17, 15) is 0 Å². The summed E-state index contributed by atoms with van der Waals surface area (Å²) >= 11 is 2.08. The van der Waals surface area contributed by atoms with Gasteiger partial charge in [0.1, 0.15) is 0 Å². The molecule has 106 valence electrons. The summed E-state index contributed by atoms with van der Waals surface area (Å²) in [6.07, 6.45) is 1.23. The van der Waals surface area contributed by atoms with Crippen LogP contribution < -0.4 is 0 Å². The highest BCUT2D eigenvalue weighted by atomic mass is 32.2. The molecule has 1 aliphatic heterocycles. The van der Waals surface area contributed by atoms with E-state index in [0.29, 0.717) is 0 Å². The van der Waals surface area contributed by atoms with E-state index in [-0.39, 0.29) is 0 Å². The predicted molar refractivity (Wildman–Crippen MR) is 81.0 cm³/mol. The van der Waals surface area contributed by atoms with Gasteiger partial charge in [-0.05, 0) is 29.0 Å². The number of tetrazole rings is 1. The Bertz CT molecular complexity index is 542. The van der Waals surface area contributed by atoms with E-state index in [1.165, 1.54) is 12.2 Å². The molecule has 2 heterocycles. The summed E-state index contributed by atoms with van der Waals surface area (Å²) in [5.41, 5.74) is 1.02. The highest BCUT2D eigenvalue weighted by Gasteiger charge is 2.21. The van der Waals surface area contributed by atoms with Gasteiger partial charge in [0.15, 0.2) is 5.82 Å². The smallest absolute Gasteiger partial charge is 0.170 e. The summed E-state index contributed by atoms with van der Waals surface area (Å²) in [6, 6.07) is 10.1. The second kappa shape index (κ2) is 6.37. The topological polar surface area (TPSA) is 46.8 Å². The van der Waals surface area contributed by atoms with Gasteiger partial charge in [-0.2, -0.15) is 16.4 Å². The molecule has 0 aliphatic carbocycles. The van der Waals surface area contributed by atoms with Crippen molar-refractivity contribution in [2.75, 3.05) is 18.8 Å². The zero-order chi connectivity index (χ0) is 13.8. The van der Waals surface area contributed by atoms with Crippen molar-refractivity contribution in [3.05, 3.63) is 36.2 Å². The highest BCUT2D eigenvalue weighted by molar-refractivity contribution is 8.00. The summed E-state index contributed by atoms with van der Waals surface area (Å²) < 4.78 is 1.84. The van der Waals surface area contributed by atoms with Crippen LogP contribution in [0.15, 0.2) is 30.3 Å². The molecule has 0 radical (unpaired) electrons. The minimum atomic E-state index is 0.741. The molecule has 0 N–H and O–H groups in total. The Morgan fingerprint density at radius 3 is 2.95 bits per heavy atom. The second-order valence-corrected chi connectivity index (χ2v) is 6.39. The molecule has 0 saturated carbocycles. The largest absolute Gasteiger partial charge is 0.294 e. The van der Waals surface area contributed by atoms with E-state index in [2.05, 4.69) is 39.1 Å². The molecule has 1 aliphatic rings. The van der Waals surface area contributed by atoms with Crippen LogP contribution in [0.3, 0.4) is 0 Å². The number of para-hydroxylation sites is 1. The van der Waals surface area contributed by atoms with Gasteiger partial charge in [0, 0.05) is 24.1 Å². The number of benzene rings is 1. The first kappa shape index (κ1) is 13.6. The SMILES string of the molecule is CC[C@H]1CN(Cc2nnnn2-c2ccccc2)CCS1. The van der Waals surface area contributed by atoms with E-state index >= 15 is 0 Å². The molecule has 6 heteroatoms. The first-order chi connectivity index (χ1) is 9.86. The standard InChI is InChI=1S/C14H19N5S/c1-2-13-10-18(8-9-20-13)11-14-15-16-17-19(14)12-6-4-3-5-7-12/h3-7,13H,2,8-11H2,1H3/t13-/m0/s1. The van der Waals surface area contributed by atoms with E-state index in [0.717, 1.165) is 36.4 Å². The van der Waals surface area contributed by atoms with Crippen molar-refractivity contribution in [2.24, 2.45) is 0 Å². The third kappa shape index (κ3) is 3.02. The highest BCUT2D eigenvalue weighted by Crippen LogP contribution is 2.22. The molecule has 0 unspecified atom stereocenters. The van der Waals surface area contributed by atoms with Crippen LogP contribution in [0, 0.1) is 0 Å². The van der Waals surface area contributed by atoms with E-state index in [1.807, 2.05) is 35.0 Å². The molecule has 1 aromatic carbocycles. The summed E-state index contributed by atoms with van der Waals surface area (Å²) in [6.45, 7) is 5.32. The van der Waals surface area contributed by atoms with Crippen molar-refractivity contribution < 1.29 is 0 Å². The lowest BCUT2D eigenvalue weighted by Crippen LogP contribution is -2.37. The molecule has 0 amide bonds. The lowest BCUT2D eigenvalue weighted by Gasteiger charge is -2.31. The zero-order valence-corrected chi connectivity index (χ0v) is 12.5. The van der Waals surface area contributed by atoms with Gasteiger partial charge < -0.3 is 0 Å². The van der Waals surface area contributed by atoms with Crippen LogP contribution in [0.2, 0.25) is 0 Å². The third-order valence-corrected chi connectivity index (χ3v) is 4.95. The minimum Gasteiger partial charge on any atom is -0.294 e. The first-order valence-corrected chi connectivity index (χ1v) is 8.08. The number of hydrogen-bond acceptors (Lipinski definition) is 5. The van der Waals surface area contributed by atoms with Crippen LogP contribution >= 0.6 is 11.8 Å². The van der Waals surface area contributed by atoms with E-state index in [1.54, 1.807) is 0 Å². The summed E-state index contributed by atoms with van der Waals surface area (Å²) in [4.78, 5) is 2.45. The van der Waals surface area contributed by atoms with Crippen LogP contribution in [0.5, 0.6) is 0 Å². The molecule has 1 atom stereocenters. The summed E-state index contributed by atoms with van der Waals surface area (Å²) in [7, 11) is 0. The normalized spacial score (nSPS) is 20.1. The molecule has 2 aromatic rings. The minimum absolute atomic E-state index is 0.741. The lowest BCUT2D eigenvalue weighted by atomic mass is 10.3. The number of aromatic nitrogens is 4. The summed E-state index contributed by atoms with van der Waals surface area (Å²) in [5.74, 6) is 2.11. The van der Waals surface area contributed by atoms with Gasteiger partial charge >= 0.3 is 0 Å². The maximum Gasteiger partial charge on any atom is 0.170 e. The molecule has 1 fully saturated rings. The van der Waals surface area contributed by atoms with Gasteiger partial charge in [0.25, 0.3) is 0 Å². The fourth-order valence-electron chi connectivity index (χ4n) is 2.45. The molecular weight excluding hydrogens is 270 g/mol. The van der Waals surface area contributed by atoms with Gasteiger partial charge in [-0.3, -0.25) is 4.90 Å². The molecule has 3 rings (SSSR count). The quantitative estimate of drug-likeness (QED) is 0.861. The number of rotatable bonds is 4. The Morgan fingerprint density at radius 2 is 2.15 bits per heavy atom. The van der Waals surface area contributed by atoms with Crippen LogP contribution in [-0.2, 0) is 6.54 Å². The van der Waals surface area contributed by atoms with E-state index < -0.39 is 0 Å². The predicted octanol–water partition coefficient (Wildman–Crippen LogP) is 1.99. The van der Waals surface area contributed by atoms with Gasteiger partial charge in [-0.25, -0.2) is 0 Å². The van der Waals surface area contributed by atoms with E-state index in [4.69, 9.17) is 0 Å². The van der Waals surface area contributed by atoms with Crippen LogP contribution in [0.25, 0.3) is 5.69 Å². The molecule has 20 heavy (non-hydrogen) atoms. The van der Waals surface area contributed by atoms with Crippen molar-refractivity contribution in [3.63, 3.8) is 0 Å². The Morgan fingerprint density at radius 1 is 1.30 bits per heavy atom. The van der Waals surface area contributed by atoms with Crippen molar-refractivity contribution in [3.8, 4) is 5.69 Å². The fourth-order valence-corrected chi connectivity index (χ4v) is 3.69. The number of nitrogens with zero attached hydrogens (tertiary/aromatic N) is 5. The Balaban J connectivity index is 1.74. The van der Waals surface area contributed by atoms with Crippen LogP contribution in [0.1, 0.15) is 19.2 Å². The summed E-state index contributed by atoms with van der Waals surface area (Å²) in [5, 5.41) is 12.9. The lowest BCUT2D eigenvalue weighted by molar-refractivity contribution is 0.264. The van der Waals surface area contributed by atoms with Crippen molar-refractivity contribution in [1.82, 2.24) is 25.1 Å². The molecule has 1 saturated heterocycles. The molecule has 0 spiro atoms. The molecule has 0 bridgehead atoms. The second-order valence-electron chi connectivity index (χ2n) is 4.98. The van der Waals surface area contributed by atoms with Gasteiger partial charge in [0.05, 0.1) is 12.2 Å². The van der Waals surface area contributed by atoms with Crippen molar-refractivity contribution in [2.45, 2.75) is 25.1 Å². The number of thioether (sulfide) groups is 1. The maximum absolute atomic E-state index is 4.19. The van der Waals surface area contributed by atoms with Gasteiger partial charge in [-0.1, -0.05) is 25.1 Å². The fraction of sp³-hybridized carbons (Fsp3) is 0.500.